The summed E-state index contributed by atoms with van der Waals surface area (Å²) in [5.74, 6) is -1.04. The fraction of sp³-hybridized carbons (Fsp3) is 0.400. The summed E-state index contributed by atoms with van der Waals surface area (Å²) in [7, 11) is 1.75. The number of carbonyl (C=O) groups excluding carboxylic acids is 1. The van der Waals surface area contributed by atoms with E-state index in [4.69, 9.17) is 9.63 Å². The summed E-state index contributed by atoms with van der Waals surface area (Å²) in [4.78, 5) is 24.9. The number of fused-ring (bicyclic) bond motifs is 1. The average molecular weight is 303 g/mol. The molecule has 0 unspecified atom stereocenters. The molecule has 1 amide bonds. The van der Waals surface area contributed by atoms with Crippen molar-refractivity contribution < 1.29 is 19.2 Å². The standard InChI is InChI=1S/C15H17N3O4/c1-18-8-9(6-12(18)15(20)21)16-14(19)7-11-10-4-2-3-5-13(10)22-17-11/h2-5,9,12H,6-8H2,1H3,(H,16,19)(H,20,21)/t9-,12+/m1/s1. The highest BCUT2D eigenvalue weighted by molar-refractivity contribution is 5.86. The van der Waals surface area contributed by atoms with Crippen molar-refractivity contribution in [3.8, 4) is 0 Å². The smallest absolute Gasteiger partial charge is 0.320 e. The molecule has 2 aromatic rings. The summed E-state index contributed by atoms with van der Waals surface area (Å²) >= 11 is 0. The van der Waals surface area contributed by atoms with E-state index < -0.39 is 12.0 Å². The van der Waals surface area contributed by atoms with E-state index in [0.717, 1.165) is 5.39 Å². The largest absolute Gasteiger partial charge is 0.480 e. The predicted molar refractivity (Wildman–Crippen MR) is 78.3 cm³/mol. The van der Waals surface area contributed by atoms with Crippen LogP contribution >= 0.6 is 0 Å². The molecular formula is C15H17N3O4. The molecule has 22 heavy (non-hydrogen) atoms. The van der Waals surface area contributed by atoms with Crippen LogP contribution in [0.4, 0.5) is 0 Å². The van der Waals surface area contributed by atoms with Crippen LogP contribution in [0.1, 0.15) is 12.1 Å². The normalized spacial score (nSPS) is 22.0. The lowest BCUT2D eigenvalue weighted by Crippen LogP contribution is -2.37. The zero-order chi connectivity index (χ0) is 15.7. The predicted octanol–water partition coefficient (Wildman–Crippen LogP) is 0.644. The van der Waals surface area contributed by atoms with Crippen LogP contribution in [0.3, 0.4) is 0 Å². The van der Waals surface area contributed by atoms with Crippen LogP contribution in [0.5, 0.6) is 0 Å². The topological polar surface area (TPSA) is 95.7 Å². The van der Waals surface area contributed by atoms with Crippen LogP contribution in [0, 0.1) is 0 Å². The molecule has 1 aromatic heterocycles. The highest BCUT2D eigenvalue weighted by Crippen LogP contribution is 2.19. The third-order valence-electron chi connectivity index (χ3n) is 3.98. The van der Waals surface area contributed by atoms with E-state index in [1.807, 2.05) is 18.2 Å². The van der Waals surface area contributed by atoms with Crippen molar-refractivity contribution in [2.75, 3.05) is 13.6 Å². The van der Waals surface area contributed by atoms with Crippen LogP contribution in [0.2, 0.25) is 0 Å². The van der Waals surface area contributed by atoms with Crippen molar-refractivity contribution in [3.63, 3.8) is 0 Å². The fourth-order valence-corrected chi connectivity index (χ4v) is 2.89. The second-order valence-electron chi connectivity index (χ2n) is 5.60. The van der Waals surface area contributed by atoms with Gasteiger partial charge >= 0.3 is 5.97 Å². The number of benzene rings is 1. The van der Waals surface area contributed by atoms with Gasteiger partial charge in [0.15, 0.2) is 5.58 Å². The highest BCUT2D eigenvalue weighted by Gasteiger charge is 2.35. The van der Waals surface area contributed by atoms with Crippen molar-refractivity contribution in [1.82, 2.24) is 15.4 Å². The van der Waals surface area contributed by atoms with Gasteiger partial charge in [0.1, 0.15) is 11.7 Å². The molecule has 2 atom stereocenters. The van der Waals surface area contributed by atoms with Crippen LogP contribution in [-0.4, -0.2) is 52.7 Å². The second kappa shape index (κ2) is 5.76. The molecule has 0 aliphatic carbocycles. The van der Waals surface area contributed by atoms with Gasteiger partial charge < -0.3 is 14.9 Å². The van der Waals surface area contributed by atoms with Gasteiger partial charge in [0, 0.05) is 18.0 Å². The van der Waals surface area contributed by atoms with Gasteiger partial charge in [0.05, 0.1) is 6.42 Å². The number of aliphatic carboxylic acids is 1. The maximum atomic E-state index is 12.1. The summed E-state index contributed by atoms with van der Waals surface area (Å²) in [6.45, 7) is 0.530. The number of para-hydroxylation sites is 1. The lowest BCUT2D eigenvalue weighted by atomic mass is 10.1. The lowest BCUT2D eigenvalue weighted by Gasteiger charge is -2.13. The minimum Gasteiger partial charge on any atom is -0.480 e. The Morgan fingerprint density at radius 1 is 1.45 bits per heavy atom. The van der Waals surface area contributed by atoms with Gasteiger partial charge in [-0.3, -0.25) is 14.5 Å². The third-order valence-corrected chi connectivity index (χ3v) is 3.98. The van der Waals surface area contributed by atoms with Crippen LogP contribution in [0.25, 0.3) is 11.0 Å². The molecule has 0 radical (unpaired) electrons. The lowest BCUT2D eigenvalue weighted by molar-refractivity contribution is -0.141. The Bertz CT molecular complexity index is 712. The van der Waals surface area contributed by atoms with Crippen molar-refractivity contribution >= 4 is 22.8 Å². The minimum atomic E-state index is -0.859. The van der Waals surface area contributed by atoms with Crippen molar-refractivity contribution in [2.24, 2.45) is 0 Å². The number of hydrogen-bond donors (Lipinski definition) is 2. The number of likely N-dealkylation sites (N-methyl/N-ethyl adjacent to an activating group) is 1. The Hall–Kier alpha value is -2.41. The molecule has 0 bridgehead atoms. The first-order chi connectivity index (χ1) is 10.5. The molecular weight excluding hydrogens is 286 g/mol. The first kappa shape index (κ1) is 14.5. The zero-order valence-corrected chi connectivity index (χ0v) is 12.2. The summed E-state index contributed by atoms with van der Waals surface area (Å²) in [6, 6.07) is 6.67. The van der Waals surface area contributed by atoms with E-state index in [0.29, 0.717) is 24.2 Å². The number of aromatic nitrogens is 1. The van der Waals surface area contributed by atoms with Crippen LogP contribution < -0.4 is 5.32 Å². The third kappa shape index (κ3) is 2.80. The minimum absolute atomic E-state index is 0.120. The van der Waals surface area contributed by atoms with Gasteiger partial charge in [-0.2, -0.15) is 0 Å². The molecule has 1 aliphatic rings. The highest BCUT2D eigenvalue weighted by atomic mass is 16.5. The average Bonchev–Trinajstić information content (AvgIpc) is 3.03. The molecule has 2 N–H and O–H groups in total. The fourth-order valence-electron chi connectivity index (χ4n) is 2.89. The number of amides is 1. The Labute approximate surface area is 126 Å². The van der Waals surface area contributed by atoms with Crippen molar-refractivity contribution in [1.29, 1.82) is 0 Å². The number of nitrogens with zero attached hydrogens (tertiary/aromatic N) is 2. The number of carboxylic acid groups (broad SMARTS) is 1. The Kier molecular flexibility index (Phi) is 3.81. The molecule has 2 heterocycles. The van der Waals surface area contributed by atoms with Gasteiger partial charge in [0.2, 0.25) is 5.91 Å². The van der Waals surface area contributed by atoms with E-state index in [1.54, 1.807) is 18.0 Å². The first-order valence-electron chi connectivity index (χ1n) is 7.10. The van der Waals surface area contributed by atoms with Crippen molar-refractivity contribution in [3.05, 3.63) is 30.0 Å². The molecule has 1 fully saturated rings. The Morgan fingerprint density at radius 3 is 2.95 bits per heavy atom. The number of rotatable bonds is 4. The second-order valence-corrected chi connectivity index (χ2v) is 5.60. The zero-order valence-electron chi connectivity index (χ0n) is 12.2. The van der Waals surface area contributed by atoms with Crippen molar-refractivity contribution in [2.45, 2.75) is 24.9 Å². The summed E-state index contributed by atoms with van der Waals surface area (Å²) < 4.78 is 5.17. The number of carbonyl (C=O) groups is 2. The van der Waals surface area contributed by atoms with E-state index in [9.17, 15) is 9.59 Å². The monoisotopic (exact) mass is 303 g/mol. The van der Waals surface area contributed by atoms with Crippen LogP contribution in [0.15, 0.2) is 28.8 Å². The molecule has 1 aliphatic heterocycles. The number of carboxylic acids is 1. The molecule has 7 heteroatoms. The molecule has 0 spiro atoms. The first-order valence-corrected chi connectivity index (χ1v) is 7.10. The van der Waals surface area contributed by atoms with E-state index >= 15 is 0 Å². The number of nitrogens with one attached hydrogen (secondary N) is 1. The molecule has 1 saturated heterocycles. The van der Waals surface area contributed by atoms with Gasteiger partial charge in [-0.1, -0.05) is 17.3 Å². The number of hydrogen-bond acceptors (Lipinski definition) is 5. The summed E-state index contributed by atoms with van der Waals surface area (Å²) in [5, 5.41) is 16.7. The van der Waals surface area contributed by atoms with Gasteiger partial charge in [-0.05, 0) is 25.6 Å². The van der Waals surface area contributed by atoms with E-state index in [2.05, 4.69) is 10.5 Å². The molecule has 1 aromatic carbocycles. The number of likely N-dealkylation sites (tertiary alicyclic amines) is 1. The summed E-state index contributed by atoms with van der Waals surface area (Å²) in [6.07, 6.45) is 0.534. The van der Waals surface area contributed by atoms with Gasteiger partial charge in [0.25, 0.3) is 0 Å². The van der Waals surface area contributed by atoms with Crippen LogP contribution in [-0.2, 0) is 16.0 Å². The molecule has 7 nitrogen and oxygen atoms in total. The summed E-state index contributed by atoms with van der Waals surface area (Å²) in [5.41, 5.74) is 1.24. The van der Waals surface area contributed by atoms with Gasteiger partial charge in [-0.25, -0.2) is 0 Å². The van der Waals surface area contributed by atoms with E-state index in [-0.39, 0.29) is 18.4 Å². The van der Waals surface area contributed by atoms with E-state index in [1.165, 1.54) is 0 Å². The Balaban J connectivity index is 1.63. The quantitative estimate of drug-likeness (QED) is 0.861. The molecule has 3 rings (SSSR count). The SMILES string of the molecule is CN1C[C@H](NC(=O)Cc2noc3ccccc23)C[C@H]1C(=O)O. The maximum absolute atomic E-state index is 12.1. The molecule has 116 valence electrons. The molecule has 0 saturated carbocycles. The maximum Gasteiger partial charge on any atom is 0.320 e. The Morgan fingerprint density at radius 2 is 2.23 bits per heavy atom. The van der Waals surface area contributed by atoms with Gasteiger partial charge in [-0.15, -0.1) is 0 Å².